The van der Waals surface area contributed by atoms with Crippen molar-refractivity contribution in [1.82, 2.24) is 15.1 Å². The molecule has 0 unspecified atom stereocenters. The van der Waals surface area contributed by atoms with Gasteiger partial charge in [-0.3, -0.25) is 9.48 Å². The SMILES string of the molecule is Cc1c(C(=O)NCC(C)(C)C#N)cnn1C. The monoisotopic (exact) mass is 220 g/mol. The molecule has 0 aliphatic carbocycles. The average Bonchev–Trinajstić information content (AvgIpc) is 2.57. The molecule has 0 saturated carbocycles. The van der Waals surface area contributed by atoms with Crippen LogP contribution in [-0.2, 0) is 7.05 Å². The third kappa shape index (κ3) is 2.60. The van der Waals surface area contributed by atoms with Crippen LogP contribution in [0.25, 0.3) is 0 Å². The molecule has 1 aromatic rings. The highest BCUT2D eigenvalue weighted by Gasteiger charge is 2.19. The fourth-order valence-corrected chi connectivity index (χ4v) is 1.16. The number of aromatic nitrogens is 2. The first kappa shape index (κ1) is 12.2. The minimum Gasteiger partial charge on any atom is -0.350 e. The van der Waals surface area contributed by atoms with Crippen LogP contribution < -0.4 is 5.32 Å². The molecule has 1 rings (SSSR count). The third-order valence-corrected chi connectivity index (χ3v) is 2.47. The average molecular weight is 220 g/mol. The van der Waals surface area contributed by atoms with Crippen LogP contribution in [0.15, 0.2) is 6.20 Å². The van der Waals surface area contributed by atoms with Crippen molar-refractivity contribution in [2.24, 2.45) is 12.5 Å². The van der Waals surface area contributed by atoms with E-state index in [2.05, 4.69) is 16.5 Å². The predicted octanol–water partition coefficient (Wildman–Crippen LogP) is 1.01. The van der Waals surface area contributed by atoms with Crippen LogP contribution in [0.1, 0.15) is 29.9 Å². The van der Waals surface area contributed by atoms with E-state index in [1.54, 1.807) is 25.6 Å². The van der Waals surface area contributed by atoms with Crippen LogP contribution in [0.3, 0.4) is 0 Å². The van der Waals surface area contributed by atoms with Gasteiger partial charge in [0.2, 0.25) is 0 Å². The van der Waals surface area contributed by atoms with E-state index in [1.807, 2.05) is 6.92 Å². The maximum atomic E-state index is 11.8. The molecule has 0 bridgehead atoms. The van der Waals surface area contributed by atoms with Crippen LogP contribution in [0.4, 0.5) is 0 Å². The number of nitriles is 1. The molecule has 16 heavy (non-hydrogen) atoms. The largest absolute Gasteiger partial charge is 0.350 e. The van der Waals surface area contributed by atoms with E-state index in [0.29, 0.717) is 12.1 Å². The van der Waals surface area contributed by atoms with E-state index in [4.69, 9.17) is 5.26 Å². The number of rotatable bonds is 3. The van der Waals surface area contributed by atoms with Crippen molar-refractivity contribution in [2.75, 3.05) is 6.54 Å². The Bertz CT molecular complexity index is 439. The fourth-order valence-electron chi connectivity index (χ4n) is 1.16. The summed E-state index contributed by atoms with van der Waals surface area (Å²) in [5.74, 6) is -0.186. The molecule has 86 valence electrons. The number of carbonyl (C=O) groups is 1. The number of aryl methyl sites for hydroxylation is 1. The second-order valence-electron chi connectivity index (χ2n) is 4.45. The summed E-state index contributed by atoms with van der Waals surface area (Å²) in [4.78, 5) is 11.8. The molecule has 0 radical (unpaired) electrons. The molecule has 0 atom stereocenters. The lowest BCUT2D eigenvalue weighted by Crippen LogP contribution is -2.33. The molecule has 0 aliphatic heterocycles. The Kier molecular flexibility index (Phi) is 3.33. The third-order valence-electron chi connectivity index (χ3n) is 2.47. The number of nitrogens with zero attached hydrogens (tertiary/aromatic N) is 3. The Labute approximate surface area is 95.1 Å². The lowest BCUT2D eigenvalue weighted by atomic mass is 9.96. The summed E-state index contributed by atoms with van der Waals surface area (Å²) in [6, 6.07) is 2.13. The van der Waals surface area contributed by atoms with Gasteiger partial charge in [-0.1, -0.05) is 0 Å². The Hall–Kier alpha value is -1.83. The van der Waals surface area contributed by atoms with Gasteiger partial charge < -0.3 is 5.32 Å². The zero-order valence-electron chi connectivity index (χ0n) is 10.0. The van der Waals surface area contributed by atoms with Crippen LogP contribution >= 0.6 is 0 Å². The van der Waals surface area contributed by atoms with Crippen LogP contribution in [0.5, 0.6) is 0 Å². The minimum atomic E-state index is -0.550. The molecule has 1 aromatic heterocycles. The molecule has 0 spiro atoms. The Balaban J connectivity index is 2.68. The van der Waals surface area contributed by atoms with E-state index in [-0.39, 0.29) is 5.91 Å². The Morgan fingerprint density at radius 2 is 2.31 bits per heavy atom. The van der Waals surface area contributed by atoms with Crippen molar-refractivity contribution >= 4 is 5.91 Å². The van der Waals surface area contributed by atoms with Crippen LogP contribution in [-0.4, -0.2) is 22.2 Å². The van der Waals surface area contributed by atoms with E-state index in [1.165, 1.54) is 6.20 Å². The van der Waals surface area contributed by atoms with Crippen molar-refractivity contribution in [2.45, 2.75) is 20.8 Å². The summed E-state index contributed by atoms with van der Waals surface area (Å²) in [6.45, 7) is 5.72. The zero-order chi connectivity index (χ0) is 12.3. The van der Waals surface area contributed by atoms with Gasteiger partial charge in [0.25, 0.3) is 5.91 Å². The highest BCUT2D eigenvalue weighted by atomic mass is 16.1. The van der Waals surface area contributed by atoms with Crippen LogP contribution in [0, 0.1) is 23.7 Å². The molecule has 0 aliphatic rings. The normalized spacial score (nSPS) is 10.9. The molecule has 5 heteroatoms. The summed E-state index contributed by atoms with van der Waals surface area (Å²) in [5, 5.41) is 15.5. The van der Waals surface area contributed by atoms with Gasteiger partial charge in [0, 0.05) is 19.3 Å². The number of hydrogen-bond acceptors (Lipinski definition) is 3. The quantitative estimate of drug-likeness (QED) is 0.826. The Morgan fingerprint density at radius 1 is 1.69 bits per heavy atom. The van der Waals surface area contributed by atoms with E-state index < -0.39 is 5.41 Å². The van der Waals surface area contributed by atoms with Crippen molar-refractivity contribution in [3.63, 3.8) is 0 Å². The number of carbonyl (C=O) groups excluding carboxylic acids is 1. The van der Waals surface area contributed by atoms with Gasteiger partial charge in [-0.05, 0) is 20.8 Å². The van der Waals surface area contributed by atoms with E-state index in [0.717, 1.165) is 5.69 Å². The van der Waals surface area contributed by atoms with Gasteiger partial charge in [0.05, 0.1) is 23.2 Å². The summed E-state index contributed by atoms with van der Waals surface area (Å²) in [5.41, 5.74) is 0.815. The molecule has 1 heterocycles. The first-order chi connectivity index (χ1) is 7.37. The molecule has 0 saturated heterocycles. The van der Waals surface area contributed by atoms with Gasteiger partial charge in [0.15, 0.2) is 0 Å². The van der Waals surface area contributed by atoms with Crippen molar-refractivity contribution in [3.05, 3.63) is 17.5 Å². The van der Waals surface area contributed by atoms with Gasteiger partial charge in [-0.25, -0.2) is 0 Å². The summed E-state index contributed by atoms with van der Waals surface area (Å²) in [6.07, 6.45) is 1.53. The Morgan fingerprint density at radius 3 is 2.75 bits per heavy atom. The molecular weight excluding hydrogens is 204 g/mol. The van der Waals surface area contributed by atoms with Crippen molar-refractivity contribution in [1.29, 1.82) is 5.26 Å². The lowest BCUT2D eigenvalue weighted by Gasteiger charge is -2.15. The molecular formula is C11H16N4O. The number of hydrogen-bond donors (Lipinski definition) is 1. The smallest absolute Gasteiger partial charge is 0.254 e. The highest BCUT2D eigenvalue weighted by molar-refractivity contribution is 5.95. The molecule has 5 nitrogen and oxygen atoms in total. The van der Waals surface area contributed by atoms with Crippen molar-refractivity contribution < 1.29 is 4.79 Å². The second-order valence-corrected chi connectivity index (χ2v) is 4.45. The zero-order valence-corrected chi connectivity index (χ0v) is 10.0. The predicted molar refractivity (Wildman–Crippen MR) is 59.7 cm³/mol. The van der Waals surface area contributed by atoms with Gasteiger partial charge >= 0.3 is 0 Å². The summed E-state index contributed by atoms with van der Waals surface area (Å²) in [7, 11) is 1.78. The second kappa shape index (κ2) is 4.35. The molecule has 1 N–H and O–H groups in total. The van der Waals surface area contributed by atoms with E-state index >= 15 is 0 Å². The molecule has 1 amide bonds. The van der Waals surface area contributed by atoms with Gasteiger partial charge in [-0.2, -0.15) is 10.4 Å². The maximum Gasteiger partial charge on any atom is 0.254 e. The molecule has 0 aromatic carbocycles. The summed E-state index contributed by atoms with van der Waals surface area (Å²) < 4.78 is 1.64. The first-order valence-corrected chi connectivity index (χ1v) is 5.05. The minimum absolute atomic E-state index is 0.186. The standard InChI is InChI=1S/C11H16N4O/c1-8-9(5-14-15(8)4)10(16)13-7-11(2,3)6-12/h5H,7H2,1-4H3,(H,13,16). The maximum absolute atomic E-state index is 11.8. The highest BCUT2D eigenvalue weighted by Crippen LogP contribution is 2.12. The topological polar surface area (TPSA) is 70.7 Å². The number of amides is 1. The summed E-state index contributed by atoms with van der Waals surface area (Å²) >= 11 is 0. The first-order valence-electron chi connectivity index (χ1n) is 5.05. The number of nitrogens with one attached hydrogen (secondary N) is 1. The van der Waals surface area contributed by atoms with Gasteiger partial charge in [-0.15, -0.1) is 0 Å². The van der Waals surface area contributed by atoms with Gasteiger partial charge in [0.1, 0.15) is 0 Å². The van der Waals surface area contributed by atoms with Crippen LogP contribution in [0.2, 0.25) is 0 Å². The van der Waals surface area contributed by atoms with Crippen molar-refractivity contribution in [3.8, 4) is 6.07 Å². The fraction of sp³-hybridized carbons (Fsp3) is 0.545. The van der Waals surface area contributed by atoms with E-state index in [9.17, 15) is 4.79 Å². The lowest BCUT2D eigenvalue weighted by molar-refractivity contribution is 0.0943. The molecule has 0 fully saturated rings.